The fraction of sp³-hybridized carbons (Fsp3) is 0. The maximum absolute atomic E-state index is 4.60. The third-order valence-corrected chi connectivity index (χ3v) is 5.70. The molecule has 0 spiro atoms. The molecule has 3 aromatic heterocycles. The summed E-state index contributed by atoms with van der Waals surface area (Å²) in [6.07, 6.45) is 7.07. The molecule has 0 fully saturated rings. The van der Waals surface area contributed by atoms with E-state index in [0.29, 0.717) is 0 Å². The van der Waals surface area contributed by atoms with E-state index < -0.39 is 0 Å². The third-order valence-electron chi connectivity index (χ3n) is 5.70. The summed E-state index contributed by atoms with van der Waals surface area (Å²) in [7, 11) is 0. The van der Waals surface area contributed by atoms with E-state index in [0.717, 1.165) is 22.2 Å². The van der Waals surface area contributed by atoms with E-state index >= 15 is 0 Å². The first-order valence-corrected chi connectivity index (χ1v) is 10.5. The first kappa shape index (κ1) is 21.1. The first-order chi connectivity index (χ1) is 15.9. The molecule has 0 amide bonds. The van der Waals surface area contributed by atoms with Crippen molar-refractivity contribution >= 4 is 43.2 Å². The van der Waals surface area contributed by atoms with Gasteiger partial charge in [0.05, 0.1) is 0 Å². The van der Waals surface area contributed by atoms with Crippen LogP contribution in [-0.4, -0.2) is 15.0 Å². The van der Waals surface area contributed by atoms with Crippen molar-refractivity contribution < 1.29 is 20.1 Å². The van der Waals surface area contributed by atoms with Crippen LogP contribution in [0.3, 0.4) is 0 Å². The molecule has 0 saturated heterocycles. The van der Waals surface area contributed by atoms with Gasteiger partial charge in [-0.05, 0) is 44.9 Å². The molecule has 4 aromatic carbocycles. The Morgan fingerprint density at radius 1 is 0.606 bits per heavy atom. The van der Waals surface area contributed by atoms with Crippen LogP contribution in [0.4, 0.5) is 0 Å². The summed E-state index contributed by atoms with van der Waals surface area (Å²) >= 11 is 0. The zero-order valence-electron chi connectivity index (χ0n) is 17.5. The summed E-state index contributed by atoms with van der Waals surface area (Å²) < 4.78 is 0. The van der Waals surface area contributed by atoms with Crippen LogP contribution in [0.25, 0.3) is 54.5 Å². The summed E-state index contributed by atoms with van der Waals surface area (Å²) in [5, 5.41) is 8.77. The van der Waals surface area contributed by atoms with E-state index in [1.54, 1.807) is 24.7 Å². The van der Waals surface area contributed by atoms with E-state index in [1.807, 2.05) is 36.5 Å². The molecule has 0 N–H and O–H groups in total. The van der Waals surface area contributed by atoms with E-state index in [1.165, 1.54) is 32.3 Å². The standard InChI is InChI=1S/C19H10N.C10H7N2.Ir/c1-4-12-9-10-13-5-2-7-16-18(13)17(12)14(6-1)15-8-3-11-20-19(15)16;1-2-7-12-10(5-1)9-4-3-6-11-8-9;/h1-6,8-11H;1-3,5-8H;/q2*-1;. The van der Waals surface area contributed by atoms with Crippen molar-refractivity contribution in [3.05, 3.63) is 116 Å². The van der Waals surface area contributed by atoms with E-state index in [4.69, 9.17) is 0 Å². The van der Waals surface area contributed by atoms with Gasteiger partial charge in [-0.2, -0.15) is 0 Å². The number of aromatic nitrogens is 3. The van der Waals surface area contributed by atoms with Crippen LogP contribution in [0.1, 0.15) is 0 Å². The minimum Gasteiger partial charge on any atom is -0.360 e. The Labute approximate surface area is 204 Å². The molecule has 0 unspecified atom stereocenters. The number of pyridine rings is 3. The van der Waals surface area contributed by atoms with Gasteiger partial charge in [-0.25, -0.2) is 0 Å². The quantitative estimate of drug-likeness (QED) is 0.117. The SMILES string of the molecule is [Ir].[c-]1ccc2ccc3cccc4c5cccnc5c1c2c34.[c-]1ccncc1-c1ccccn1. The predicted molar refractivity (Wildman–Crippen MR) is 131 cm³/mol. The van der Waals surface area contributed by atoms with Gasteiger partial charge in [-0.15, -0.1) is 46.7 Å². The molecule has 7 aromatic rings. The van der Waals surface area contributed by atoms with Gasteiger partial charge in [0.2, 0.25) is 0 Å². The van der Waals surface area contributed by atoms with Crippen molar-refractivity contribution in [2.24, 2.45) is 0 Å². The van der Waals surface area contributed by atoms with Gasteiger partial charge in [0, 0.05) is 32.5 Å². The van der Waals surface area contributed by atoms with Crippen molar-refractivity contribution in [2.75, 3.05) is 0 Å². The number of benzene rings is 4. The second kappa shape index (κ2) is 9.03. The molecule has 3 heterocycles. The normalized spacial score (nSPS) is 10.8. The summed E-state index contributed by atoms with van der Waals surface area (Å²) in [5.41, 5.74) is 2.88. The molecule has 4 heteroatoms. The molecule has 33 heavy (non-hydrogen) atoms. The van der Waals surface area contributed by atoms with Crippen LogP contribution in [0.15, 0.2) is 104 Å². The molecule has 0 aliphatic carbocycles. The van der Waals surface area contributed by atoms with Gasteiger partial charge in [-0.1, -0.05) is 66.3 Å². The molecule has 0 atom stereocenters. The van der Waals surface area contributed by atoms with Gasteiger partial charge in [0.25, 0.3) is 0 Å². The second-order valence-corrected chi connectivity index (χ2v) is 7.55. The van der Waals surface area contributed by atoms with Crippen LogP contribution in [0.5, 0.6) is 0 Å². The molecule has 0 bridgehead atoms. The Balaban J connectivity index is 0.000000152. The summed E-state index contributed by atoms with van der Waals surface area (Å²) in [6.45, 7) is 0. The Morgan fingerprint density at radius 2 is 1.45 bits per heavy atom. The Kier molecular flexibility index (Phi) is 5.78. The number of fused-ring (bicyclic) bond motifs is 3. The van der Waals surface area contributed by atoms with Gasteiger partial charge < -0.3 is 15.0 Å². The van der Waals surface area contributed by atoms with Crippen LogP contribution in [0.2, 0.25) is 0 Å². The Bertz CT molecular complexity index is 1540. The van der Waals surface area contributed by atoms with Crippen molar-refractivity contribution in [3.63, 3.8) is 0 Å². The molecule has 3 nitrogen and oxygen atoms in total. The molecule has 0 aliphatic heterocycles. The van der Waals surface area contributed by atoms with Gasteiger partial charge >= 0.3 is 0 Å². The topological polar surface area (TPSA) is 38.7 Å². The van der Waals surface area contributed by atoms with E-state index in [2.05, 4.69) is 69.5 Å². The number of rotatable bonds is 1. The Hall–Kier alpha value is -3.72. The van der Waals surface area contributed by atoms with Crippen LogP contribution in [-0.2, 0) is 20.1 Å². The second-order valence-electron chi connectivity index (χ2n) is 7.55. The van der Waals surface area contributed by atoms with Gasteiger partial charge in [0.1, 0.15) is 0 Å². The van der Waals surface area contributed by atoms with Crippen LogP contribution in [0, 0.1) is 12.1 Å². The zero-order valence-corrected chi connectivity index (χ0v) is 19.9. The van der Waals surface area contributed by atoms with Crippen molar-refractivity contribution in [1.29, 1.82) is 0 Å². The predicted octanol–water partition coefficient (Wildman–Crippen LogP) is 6.87. The molecular formula is C29H17IrN3-2. The fourth-order valence-electron chi connectivity index (χ4n) is 4.31. The van der Waals surface area contributed by atoms with Gasteiger partial charge in [-0.3, -0.25) is 0 Å². The zero-order chi connectivity index (χ0) is 21.3. The average molecular weight is 600 g/mol. The Morgan fingerprint density at radius 3 is 2.27 bits per heavy atom. The molecule has 0 saturated carbocycles. The molecular weight excluding hydrogens is 583 g/mol. The first-order valence-electron chi connectivity index (χ1n) is 10.5. The van der Waals surface area contributed by atoms with E-state index in [9.17, 15) is 0 Å². The summed E-state index contributed by atoms with van der Waals surface area (Å²) in [5.74, 6) is 0. The third kappa shape index (κ3) is 3.74. The minimum absolute atomic E-state index is 0. The maximum atomic E-state index is 4.60. The minimum atomic E-state index is 0. The monoisotopic (exact) mass is 600 g/mol. The largest absolute Gasteiger partial charge is 0.360 e. The number of hydrogen-bond donors (Lipinski definition) is 0. The van der Waals surface area contributed by atoms with Crippen molar-refractivity contribution in [3.8, 4) is 11.3 Å². The summed E-state index contributed by atoms with van der Waals surface area (Å²) in [4.78, 5) is 12.8. The van der Waals surface area contributed by atoms with Crippen molar-refractivity contribution in [1.82, 2.24) is 15.0 Å². The van der Waals surface area contributed by atoms with Crippen LogP contribution < -0.4 is 0 Å². The molecule has 7 rings (SSSR count). The van der Waals surface area contributed by atoms with Crippen molar-refractivity contribution in [2.45, 2.75) is 0 Å². The van der Waals surface area contributed by atoms with Crippen LogP contribution >= 0.6 is 0 Å². The average Bonchev–Trinajstić information content (AvgIpc) is 2.89. The molecule has 1 radical (unpaired) electrons. The fourth-order valence-corrected chi connectivity index (χ4v) is 4.31. The maximum Gasteiger partial charge on any atom is 0.0161 e. The molecule has 159 valence electrons. The van der Waals surface area contributed by atoms with E-state index in [-0.39, 0.29) is 20.1 Å². The smallest absolute Gasteiger partial charge is 0.0161 e. The molecule has 0 aliphatic rings. The number of hydrogen-bond acceptors (Lipinski definition) is 3. The number of nitrogens with zero attached hydrogens (tertiary/aromatic N) is 3. The summed E-state index contributed by atoms with van der Waals surface area (Å²) in [6, 6.07) is 33.2. The van der Waals surface area contributed by atoms with Gasteiger partial charge in [0.15, 0.2) is 0 Å².